The topological polar surface area (TPSA) is 270 Å². The van der Waals surface area contributed by atoms with Gasteiger partial charge in [-0.25, -0.2) is 4.57 Å². The fourth-order valence-corrected chi connectivity index (χ4v) is 8.38. The smallest absolute Gasteiger partial charge is 0.461 e. The number of phosphoric ester groups is 1. The molecule has 358 valence electrons. The van der Waals surface area contributed by atoms with Gasteiger partial charge in [-0.2, -0.15) is 0 Å². The lowest BCUT2D eigenvalue weighted by atomic mass is 9.83. The third-order valence-corrected chi connectivity index (χ3v) is 12.2. The highest BCUT2D eigenvalue weighted by molar-refractivity contribution is 7.47. The number of unbranched alkanes of at least 4 members (excludes halogenated alkanes) is 10. The predicted octanol–water partition coefficient (Wildman–Crippen LogP) is 4.77. The number of ether oxygens (including phenoxy) is 2. The second kappa shape index (κ2) is 31.5. The Hall–Kier alpha value is -2.31. The zero-order valence-electron chi connectivity index (χ0n) is 36.7. The summed E-state index contributed by atoms with van der Waals surface area (Å²) in [5, 5.41) is 89.5. The second-order valence-corrected chi connectivity index (χ2v) is 17.9. The van der Waals surface area contributed by atoms with Gasteiger partial charge in [-0.1, -0.05) is 114 Å². The molecule has 2 bridgehead atoms. The van der Waals surface area contributed by atoms with E-state index < -0.39 is 112 Å². The minimum Gasteiger partial charge on any atom is -0.461 e. The molecule has 0 spiro atoms. The highest BCUT2D eigenvalue weighted by Gasteiger charge is 2.49. The first-order valence-corrected chi connectivity index (χ1v) is 24.2. The molecule has 16 nitrogen and oxygen atoms in total. The minimum absolute atomic E-state index is 0.00771. The Balaban J connectivity index is 2.19. The lowest BCUT2D eigenvalue weighted by molar-refractivity contribution is -0.167. The van der Waals surface area contributed by atoms with Crippen LogP contribution in [0.15, 0.2) is 48.6 Å². The quantitative estimate of drug-likeness (QED) is 0.0325. The van der Waals surface area contributed by atoms with E-state index in [9.17, 15) is 59.9 Å². The molecule has 0 aromatic heterocycles. The van der Waals surface area contributed by atoms with Crippen LogP contribution in [0.5, 0.6) is 0 Å². The summed E-state index contributed by atoms with van der Waals surface area (Å²) in [4.78, 5) is 36.3. The highest BCUT2D eigenvalue weighted by Crippen LogP contribution is 2.47. The van der Waals surface area contributed by atoms with Crippen molar-refractivity contribution in [2.45, 2.75) is 197 Å². The van der Waals surface area contributed by atoms with Gasteiger partial charge in [-0.3, -0.25) is 18.6 Å². The molecule has 0 amide bonds. The van der Waals surface area contributed by atoms with Crippen molar-refractivity contribution in [2.75, 3.05) is 13.2 Å². The second-order valence-electron chi connectivity index (χ2n) is 16.5. The summed E-state index contributed by atoms with van der Waals surface area (Å²) < 4.78 is 34.4. The van der Waals surface area contributed by atoms with Crippen LogP contribution in [0.1, 0.15) is 136 Å². The van der Waals surface area contributed by atoms with Crippen LogP contribution in [-0.2, 0) is 32.7 Å². The molecule has 1 aliphatic carbocycles. The third-order valence-electron chi connectivity index (χ3n) is 11.2. The van der Waals surface area contributed by atoms with Crippen LogP contribution in [0.25, 0.3) is 0 Å². The Morgan fingerprint density at radius 2 is 1.42 bits per heavy atom. The number of esters is 2. The molecule has 2 aliphatic rings. The van der Waals surface area contributed by atoms with Gasteiger partial charge in [0.15, 0.2) is 6.10 Å². The molecule has 0 saturated heterocycles. The van der Waals surface area contributed by atoms with Crippen LogP contribution in [0.4, 0.5) is 0 Å². The summed E-state index contributed by atoms with van der Waals surface area (Å²) in [7, 11) is -5.43. The number of phosphoric acid groups is 1. The first kappa shape index (κ1) is 55.8. The number of aliphatic hydroxyl groups excluding tert-OH is 8. The molecule has 17 heteroatoms. The Bertz CT molecular complexity index is 1410. The lowest BCUT2D eigenvalue weighted by Gasteiger charge is -2.37. The summed E-state index contributed by atoms with van der Waals surface area (Å²) in [6, 6.07) is 0. The van der Waals surface area contributed by atoms with Crippen LogP contribution in [0.3, 0.4) is 0 Å². The third kappa shape index (κ3) is 22.1. The van der Waals surface area contributed by atoms with Crippen molar-refractivity contribution < 1.29 is 78.4 Å². The highest BCUT2D eigenvalue weighted by atomic mass is 31.2. The number of cyclic esters (lactones) is 1. The number of rotatable bonds is 21. The van der Waals surface area contributed by atoms with E-state index in [0.29, 0.717) is 19.3 Å². The predicted molar refractivity (Wildman–Crippen MR) is 232 cm³/mol. The van der Waals surface area contributed by atoms with Gasteiger partial charge in [0.2, 0.25) is 0 Å². The fourth-order valence-electron chi connectivity index (χ4n) is 7.41. The number of carbonyl (C=O) groups excluding carboxylic acids is 2. The number of allylic oxidation sites excluding steroid dienone is 5. The average Bonchev–Trinajstić information content (AvgIpc) is 3.23. The van der Waals surface area contributed by atoms with Gasteiger partial charge in [-0.15, -0.1) is 0 Å². The van der Waals surface area contributed by atoms with E-state index in [1.807, 2.05) is 6.92 Å². The molecule has 13 atom stereocenters. The molecule has 0 radical (unpaired) electrons. The van der Waals surface area contributed by atoms with Gasteiger partial charge in [0.1, 0.15) is 31.0 Å². The van der Waals surface area contributed by atoms with Gasteiger partial charge >= 0.3 is 19.8 Å². The molecule has 9 N–H and O–H groups in total. The molecule has 0 aromatic rings. The standard InChI is InChI=1S/C45H77O16P/c1-3-5-7-8-9-10-11-12-13-14-15-16-17-18-20-26-39(50)60-33-30-58-38(49)25-22-21-24-34-36(47)29-37(48)35(28-27-32(46)23-19-6-4-2)41(52)43(54)45(44(55)42(53)40(34)51)61-62(56,57)59-31-33/h9-10,12-13,21-22,27-28,32-37,40-48,51-55H,3-8,11,14-20,23-26,29-31H2,1-2H3,(H,56,57)/b10-9-,13-12-,22-21-,28-27+/t32-,33-,34-,35+,36+,37-,40-,41-,42+,43-,44-,45-/m1/s1. The molecular weight excluding hydrogens is 827 g/mol. The zero-order valence-corrected chi connectivity index (χ0v) is 37.6. The largest absolute Gasteiger partial charge is 0.472 e. The first-order chi connectivity index (χ1) is 29.6. The maximum absolute atomic E-state index is 13.4. The van der Waals surface area contributed by atoms with Gasteiger partial charge < -0.3 is 55.2 Å². The monoisotopic (exact) mass is 904 g/mol. The van der Waals surface area contributed by atoms with Crippen molar-refractivity contribution in [3.63, 3.8) is 0 Å². The fraction of sp³-hybridized carbons (Fsp3) is 0.778. The van der Waals surface area contributed by atoms with Gasteiger partial charge in [0.05, 0.1) is 43.5 Å². The van der Waals surface area contributed by atoms with Crippen LogP contribution in [0, 0.1) is 11.8 Å². The van der Waals surface area contributed by atoms with E-state index >= 15 is 0 Å². The van der Waals surface area contributed by atoms with Gasteiger partial charge in [0, 0.05) is 24.7 Å². The molecule has 0 aromatic carbocycles. The Kier molecular flexibility index (Phi) is 28.4. The molecule has 1 aliphatic heterocycles. The molecular formula is C45H77O16P. The van der Waals surface area contributed by atoms with Crippen molar-refractivity contribution in [1.29, 1.82) is 0 Å². The van der Waals surface area contributed by atoms with E-state index in [1.54, 1.807) is 0 Å². The first-order valence-electron chi connectivity index (χ1n) is 22.7. The van der Waals surface area contributed by atoms with E-state index in [-0.39, 0.29) is 19.3 Å². The van der Waals surface area contributed by atoms with E-state index in [0.717, 1.165) is 57.8 Å². The van der Waals surface area contributed by atoms with Crippen LogP contribution in [-0.4, -0.2) is 132 Å². The molecule has 1 fully saturated rings. The van der Waals surface area contributed by atoms with Crippen LogP contribution >= 0.6 is 7.82 Å². The summed E-state index contributed by atoms with van der Waals surface area (Å²) in [5.41, 5.74) is 0. The van der Waals surface area contributed by atoms with Gasteiger partial charge in [0.25, 0.3) is 0 Å². The number of hydrogen-bond donors (Lipinski definition) is 9. The van der Waals surface area contributed by atoms with E-state index in [2.05, 4.69) is 31.2 Å². The van der Waals surface area contributed by atoms with E-state index in [4.69, 9.17) is 18.5 Å². The molecule has 1 heterocycles. The summed E-state index contributed by atoms with van der Waals surface area (Å²) in [6.45, 7) is 2.73. The molecule has 1 unspecified atom stereocenters. The van der Waals surface area contributed by atoms with Crippen LogP contribution < -0.4 is 0 Å². The average molecular weight is 905 g/mol. The van der Waals surface area contributed by atoms with Crippen molar-refractivity contribution in [3.8, 4) is 0 Å². The van der Waals surface area contributed by atoms with Gasteiger partial charge in [-0.05, 0) is 51.4 Å². The summed E-state index contributed by atoms with van der Waals surface area (Å²) in [5.74, 6) is -4.29. The number of hydrogen-bond acceptors (Lipinski definition) is 15. The summed E-state index contributed by atoms with van der Waals surface area (Å²) in [6.07, 6.45) is 7.33. The maximum Gasteiger partial charge on any atom is 0.472 e. The van der Waals surface area contributed by atoms with E-state index in [1.165, 1.54) is 43.6 Å². The van der Waals surface area contributed by atoms with Crippen molar-refractivity contribution >= 4 is 19.8 Å². The minimum atomic E-state index is -5.43. The SMILES string of the molecule is CCCCC/C=C\C/C=C\CCCCCCCC(=O)O[C@@H]1COC(=O)C/C=C\C[C@H]2[C@@H](O)[C@H](O)[C@@H](O)[C@H](OP(=O)(O)OC1)[C@H](O)[C@H](O)[C@@H](/C=C/[C@H](O)CCCCC)[C@H](O)C[C@@H]2O. The number of aliphatic hydroxyl groups is 8. The van der Waals surface area contributed by atoms with Crippen molar-refractivity contribution in [1.82, 2.24) is 0 Å². The molecule has 62 heavy (non-hydrogen) atoms. The Labute approximate surface area is 368 Å². The Morgan fingerprint density at radius 1 is 0.790 bits per heavy atom. The Morgan fingerprint density at radius 3 is 2.11 bits per heavy atom. The maximum atomic E-state index is 13.4. The zero-order chi connectivity index (χ0) is 45.9. The summed E-state index contributed by atoms with van der Waals surface area (Å²) >= 11 is 0. The normalized spacial score (nSPS) is 33.4. The molecule has 2 rings (SSSR count). The molecule has 1 saturated carbocycles. The lowest BCUT2D eigenvalue weighted by Crippen LogP contribution is -2.55. The number of fused-ring (bicyclic) bond motifs is 4. The van der Waals surface area contributed by atoms with Crippen molar-refractivity contribution in [2.24, 2.45) is 11.8 Å². The number of carbonyl (C=O) groups is 2. The van der Waals surface area contributed by atoms with Crippen LogP contribution in [0.2, 0.25) is 0 Å². The van der Waals surface area contributed by atoms with Crippen molar-refractivity contribution in [3.05, 3.63) is 48.6 Å².